The zero-order chi connectivity index (χ0) is 10.9. The van der Waals surface area contributed by atoms with Gasteiger partial charge in [-0.2, -0.15) is 0 Å². The maximum atomic E-state index is 3.73. The van der Waals surface area contributed by atoms with Crippen LogP contribution in [-0.2, 0) is 0 Å². The van der Waals surface area contributed by atoms with Gasteiger partial charge in [-0.15, -0.1) is 0 Å². The molecule has 0 saturated carbocycles. The van der Waals surface area contributed by atoms with Crippen molar-refractivity contribution in [2.75, 3.05) is 19.6 Å². The molecule has 2 heterocycles. The summed E-state index contributed by atoms with van der Waals surface area (Å²) in [5.74, 6) is 0.912. The fraction of sp³-hybridized carbons (Fsp3) is 1.00. The standard InChI is InChI=1S/C13H26N2/c1-11(2)15-9-5-12(6-10-15)13(3)7-4-8-14-13/h11-12,14H,4-10H2,1-3H3. The number of nitrogens with one attached hydrogen (secondary N) is 1. The number of hydrogen-bond acceptors (Lipinski definition) is 2. The van der Waals surface area contributed by atoms with Gasteiger partial charge < -0.3 is 10.2 Å². The summed E-state index contributed by atoms with van der Waals surface area (Å²) in [7, 11) is 0. The molecule has 2 saturated heterocycles. The molecule has 0 amide bonds. The molecule has 1 atom stereocenters. The van der Waals surface area contributed by atoms with Crippen molar-refractivity contribution in [3.05, 3.63) is 0 Å². The molecule has 88 valence electrons. The average molecular weight is 210 g/mol. The molecule has 2 aliphatic heterocycles. The predicted molar refractivity (Wildman–Crippen MR) is 65.1 cm³/mol. The van der Waals surface area contributed by atoms with Crippen LogP contribution in [0.1, 0.15) is 46.5 Å². The Morgan fingerprint density at radius 3 is 2.40 bits per heavy atom. The maximum absolute atomic E-state index is 3.73. The van der Waals surface area contributed by atoms with Crippen molar-refractivity contribution in [3.8, 4) is 0 Å². The first-order valence-electron chi connectivity index (χ1n) is 6.61. The van der Waals surface area contributed by atoms with Gasteiger partial charge in [0, 0.05) is 11.6 Å². The summed E-state index contributed by atoms with van der Waals surface area (Å²) in [5, 5.41) is 3.73. The third-order valence-electron chi connectivity index (χ3n) is 4.56. The minimum absolute atomic E-state index is 0.461. The van der Waals surface area contributed by atoms with Crippen molar-refractivity contribution in [2.24, 2.45) is 5.92 Å². The van der Waals surface area contributed by atoms with Crippen molar-refractivity contribution in [1.82, 2.24) is 10.2 Å². The number of rotatable bonds is 2. The molecule has 2 heteroatoms. The molecule has 1 N–H and O–H groups in total. The molecule has 1 unspecified atom stereocenters. The van der Waals surface area contributed by atoms with E-state index in [0.29, 0.717) is 5.54 Å². The maximum Gasteiger partial charge on any atom is 0.0182 e. The highest BCUT2D eigenvalue weighted by Gasteiger charge is 2.38. The molecule has 0 aromatic heterocycles. The van der Waals surface area contributed by atoms with E-state index in [4.69, 9.17) is 0 Å². The Morgan fingerprint density at radius 1 is 1.27 bits per heavy atom. The average Bonchev–Trinajstić information content (AvgIpc) is 2.67. The van der Waals surface area contributed by atoms with E-state index in [0.717, 1.165) is 12.0 Å². The molecular formula is C13H26N2. The predicted octanol–water partition coefficient (Wildman–Crippen LogP) is 2.25. The Balaban J connectivity index is 1.87. The molecular weight excluding hydrogens is 184 g/mol. The number of likely N-dealkylation sites (tertiary alicyclic amines) is 1. The molecule has 0 aromatic carbocycles. The minimum atomic E-state index is 0.461. The van der Waals surface area contributed by atoms with Gasteiger partial charge in [-0.1, -0.05) is 0 Å². The van der Waals surface area contributed by atoms with E-state index >= 15 is 0 Å². The first-order chi connectivity index (χ1) is 7.12. The van der Waals surface area contributed by atoms with Crippen LogP contribution >= 0.6 is 0 Å². The lowest BCUT2D eigenvalue weighted by atomic mass is 9.78. The van der Waals surface area contributed by atoms with Gasteiger partial charge in [-0.3, -0.25) is 0 Å². The van der Waals surface area contributed by atoms with Crippen LogP contribution in [0.3, 0.4) is 0 Å². The fourth-order valence-electron chi connectivity index (χ4n) is 3.32. The summed E-state index contributed by atoms with van der Waals surface area (Å²) in [6.45, 7) is 10.9. The van der Waals surface area contributed by atoms with Gasteiger partial charge in [-0.25, -0.2) is 0 Å². The van der Waals surface area contributed by atoms with E-state index in [1.54, 1.807) is 0 Å². The third kappa shape index (κ3) is 2.36. The monoisotopic (exact) mass is 210 g/mol. The summed E-state index contributed by atoms with van der Waals surface area (Å²) in [6, 6.07) is 0.732. The highest BCUT2D eigenvalue weighted by molar-refractivity contribution is 4.96. The minimum Gasteiger partial charge on any atom is -0.311 e. The molecule has 2 rings (SSSR count). The van der Waals surface area contributed by atoms with Crippen LogP contribution in [-0.4, -0.2) is 36.1 Å². The zero-order valence-corrected chi connectivity index (χ0v) is 10.6. The van der Waals surface area contributed by atoms with Crippen molar-refractivity contribution in [1.29, 1.82) is 0 Å². The van der Waals surface area contributed by atoms with Crippen LogP contribution in [0.2, 0.25) is 0 Å². The van der Waals surface area contributed by atoms with Crippen LogP contribution in [0.5, 0.6) is 0 Å². The second-order valence-corrected chi connectivity index (χ2v) is 5.85. The largest absolute Gasteiger partial charge is 0.311 e. The van der Waals surface area contributed by atoms with Crippen molar-refractivity contribution >= 4 is 0 Å². The SMILES string of the molecule is CC(C)N1CCC(C2(C)CCCN2)CC1. The molecule has 2 aliphatic rings. The summed E-state index contributed by atoms with van der Waals surface area (Å²) in [5.41, 5.74) is 0.461. The van der Waals surface area contributed by atoms with Gasteiger partial charge in [0.2, 0.25) is 0 Å². The number of hydrogen-bond donors (Lipinski definition) is 1. The Labute approximate surface area is 94.4 Å². The van der Waals surface area contributed by atoms with Crippen molar-refractivity contribution < 1.29 is 0 Å². The Morgan fingerprint density at radius 2 is 1.93 bits per heavy atom. The molecule has 0 radical (unpaired) electrons. The van der Waals surface area contributed by atoms with E-state index in [-0.39, 0.29) is 0 Å². The number of piperidine rings is 1. The first-order valence-corrected chi connectivity index (χ1v) is 6.61. The van der Waals surface area contributed by atoms with Gasteiger partial charge >= 0.3 is 0 Å². The molecule has 2 fully saturated rings. The van der Waals surface area contributed by atoms with Gasteiger partial charge in [0.25, 0.3) is 0 Å². The molecule has 0 aliphatic carbocycles. The van der Waals surface area contributed by atoms with E-state index in [2.05, 4.69) is 31.0 Å². The topological polar surface area (TPSA) is 15.3 Å². The quantitative estimate of drug-likeness (QED) is 0.752. The summed E-state index contributed by atoms with van der Waals surface area (Å²) < 4.78 is 0. The van der Waals surface area contributed by atoms with Gasteiger partial charge in [0.15, 0.2) is 0 Å². The highest BCUT2D eigenvalue weighted by atomic mass is 15.2. The molecule has 0 bridgehead atoms. The second-order valence-electron chi connectivity index (χ2n) is 5.85. The van der Waals surface area contributed by atoms with E-state index in [9.17, 15) is 0 Å². The van der Waals surface area contributed by atoms with Crippen LogP contribution in [0, 0.1) is 5.92 Å². The second kappa shape index (κ2) is 4.42. The Kier molecular flexibility index (Phi) is 3.36. The summed E-state index contributed by atoms with van der Waals surface area (Å²) >= 11 is 0. The fourth-order valence-corrected chi connectivity index (χ4v) is 3.32. The zero-order valence-electron chi connectivity index (χ0n) is 10.6. The highest BCUT2D eigenvalue weighted by Crippen LogP contribution is 2.34. The third-order valence-corrected chi connectivity index (χ3v) is 4.56. The molecule has 15 heavy (non-hydrogen) atoms. The van der Waals surface area contributed by atoms with Crippen molar-refractivity contribution in [2.45, 2.75) is 58.0 Å². The summed E-state index contributed by atoms with van der Waals surface area (Å²) in [6.07, 6.45) is 5.55. The lowest BCUT2D eigenvalue weighted by molar-refractivity contribution is 0.105. The van der Waals surface area contributed by atoms with E-state index in [1.165, 1.54) is 45.3 Å². The normalized spacial score (nSPS) is 35.2. The van der Waals surface area contributed by atoms with Crippen LogP contribution in [0.4, 0.5) is 0 Å². The van der Waals surface area contributed by atoms with Gasteiger partial charge in [0.1, 0.15) is 0 Å². The van der Waals surface area contributed by atoms with Gasteiger partial charge in [0.05, 0.1) is 0 Å². The Hall–Kier alpha value is -0.0800. The smallest absolute Gasteiger partial charge is 0.0182 e. The van der Waals surface area contributed by atoms with Crippen molar-refractivity contribution in [3.63, 3.8) is 0 Å². The van der Waals surface area contributed by atoms with Crippen LogP contribution in [0.15, 0.2) is 0 Å². The first kappa shape index (κ1) is 11.4. The lowest BCUT2D eigenvalue weighted by Crippen LogP contribution is -2.49. The van der Waals surface area contributed by atoms with E-state index in [1.807, 2.05) is 0 Å². The summed E-state index contributed by atoms with van der Waals surface area (Å²) in [4.78, 5) is 2.62. The molecule has 0 spiro atoms. The lowest BCUT2D eigenvalue weighted by Gasteiger charge is -2.42. The van der Waals surface area contributed by atoms with Gasteiger partial charge in [-0.05, 0) is 72.0 Å². The molecule has 2 nitrogen and oxygen atoms in total. The molecule has 0 aromatic rings. The van der Waals surface area contributed by atoms with E-state index < -0.39 is 0 Å². The van der Waals surface area contributed by atoms with Crippen LogP contribution < -0.4 is 5.32 Å². The number of nitrogens with zero attached hydrogens (tertiary/aromatic N) is 1. The Bertz CT molecular complexity index is 199. The van der Waals surface area contributed by atoms with Crippen LogP contribution in [0.25, 0.3) is 0 Å².